The van der Waals surface area contributed by atoms with E-state index in [0.29, 0.717) is 11.1 Å². The van der Waals surface area contributed by atoms with E-state index in [1.54, 1.807) is 17.5 Å². The van der Waals surface area contributed by atoms with Gasteiger partial charge in [0.2, 0.25) is 0 Å². The van der Waals surface area contributed by atoms with Crippen LogP contribution in [0.25, 0.3) is 0 Å². The zero-order valence-corrected chi connectivity index (χ0v) is 13.6. The van der Waals surface area contributed by atoms with Crippen LogP contribution >= 0.6 is 22.9 Å². The van der Waals surface area contributed by atoms with Crippen molar-refractivity contribution >= 4 is 28.8 Å². The van der Waals surface area contributed by atoms with Crippen LogP contribution in [-0.4, -0.2) is 18.1 Å². The number of aromatic nitrogens is 1. The molecule has 2 heterocycles. The van der Waals surface area contributed by atoms with Gasteiger partial charge in [0.1, 0.15) is 5.82 Å². The Balaban J connectivity index is 2.09. The molecule has 0 aliphatic carbocycles. The minimum atomic E-state index is 0.437. The van der Waals surface area contributed by atoms with E-state index in [0.717, 1.165) is 24.5 Å². The number of rotatable bonds is 6. The maximum Gasteiger partial charge on any atom is 0.128 e. The van der Waals surface area contributed by atoms with Gasteiger partial charge in [-0.2, -0.15) is 0 Å². The van der Waals surface area contributed by atoms with Gasteiger partial charge in [-0.25, -0.2) is 4.98 Å². The fourth-order valence-corrected chi connectivity index (χ4v) is 2.77. The summed E-state index contributed by atoms with van der Waals surface area (Å²) in [6.07, 6.45) is 1.74. The summed E-state index contributed by atoms with van der Waals surface area (Å²) in [5, 5.41) is 6.19. The van der Waals surface area contributed by atoms with Crippen LogP contribution in [0.1, 0.15) is 24.3 Å². The topological polar surface area (TPSA) is 28.2 Å². The molecule has 108 valence electrons. The molecule has 0 aliphatic heterocycles. The molecular formula is C15H20ClN3S. The number of hydrogen-bond acceptors (Lipinski definition) is 4. The number of nitrogens with one attached hydrogen (secondary N) is 1. The van der Waals surface area contributed by atoms with Crippen LogP contribution in [0.3, 0.4) is 0 Å². The highest BCUT2D eigenvalue weighted by atomic mass is 35.5. The van der Waals surface area contributed by atoms with Gasteiger partial charge in [-0.05, 0) is 23.1 Å². The Morgan fingerprint density at radius 2 is 2.25 bits per heavy atom. The van der Waals surface area contributed by atoms with E-state index in [1.807, 2.05) is 0 Å². The van der Waals surface area contributed by atoms with Gasteiger partial charge in [-0.1, -0.05) is 31.5 Å². The highest BCUT2D eigenvalue weighted by Gasteiger charge is 2.08. The van der Waals surface area contributed by atoms with Crippen LogP contribution in [0.15, 0.2) is 29.8 Å². The number of anilines is 1. The van der Waals surface area contributed by atoms with Crippen LogP contribution in [0.4, 0.5) is 5.82 Å². The van der Waals surface area contributed by atoms with Crippen LogP contribution < -0.4 is 10.2 Å². The Bertz CT molecular complexity index is 540. The van der Waals surface area contributed by atoms with Gasteiger partial charge in [0, 0.05) is 30.7 Å². The maximum atomic E-state index is 6.21. The molecule has 5 heteroatoms. The van der Waals surface area contributed by atoms with Gasteiger partial charge in [-0.3, -0.25) is 0 Å². The van der Waals surface area contributed by atoms with Crippen molar-refractivity contribution in [3.05, 3.63) is 45.2 Å². The molecule has 3 nitrogen and oxygen atoms in total. The van der Waals surface area contributed by atoms with Gasteiger partial charge in [0.25, 0.3) is 0 Å². The third-order valence-electron chi connectivity index (χ3n) is 2.99. The molecule has 0 saturated heterocycles. The second kappa shape index (κ2) is 7.07. The third kappa shape index (κ3) is 4.20. The smallest absolute Gasteiger partial charge is 0.128 e. The zero-order valence-electron chi connectivity index (χ0n) is 12.1. The van der Waals surface area contributed by atoms with Crippen molar-refractivity contribution in [2.45, 2.75) is 33.0 Å². The second-order valence-corrected chi connectivity index (χ2v) is 6.54. The number of thiophene rings is 1. The molecule has 0 radical (unpaired) electrons. The molecule has 0 atom stereocenters. The van der Waals surface area contributed by atoms with Crippen molar-refractivity contribution in [3.63, 3.8) is 0 Å². The molecule has 0 aromatic carbocycles. The van der Waals surface area contributed by atoms with E-state index >= 15 is 0 Å². The Kier molecular flexibility index (Phi) is 5.40. The normalized spacial score (nSPS) is 11.1. The van der Waals surface area contributed by atoms with Crippen LogP contribution in [0.2, 0.25) is 5.02 Å². The molecule has 0 saturated carbocycles. The van der Waals surface area contributed by atoms with Crippen molar-refractivity contribution in [2.75, 3.05) is 11.9 Å². The lowest BCUT2D eigenvalue weighted by molar-refractivity contribution is 0.588. The average molecular weight is 310 g/mol. The summed E-state index contributed by atoms with van der Waals surface area (Å²) in [6, 6.07) is 6.71. The highest BCUT2D eigenvalue weighted by Crippen LogP contribution is 2.22. The molecule has 0 unspecified atom stereocenters. The Morgan fingerprint density at radius 3 is 2.90 bits per heavy atom. The van der Waals surface area contributed by atoms with Gasteiger partial charge >= 0.3 is 0 Å². The molecule has 0 amide bonds. The van der Waals surface area contributed by atoms with Gasteiger partial charge in [-0.15, -0.1) is 11.3 Å². The summed E-state index contributed by atoms with van der Waals surface area (Å²) in [5.41, 5.74) is 1.09. The predicted molar refractivity (Wildman–Crippen MR) is 87.6 cm³/mol. The number of nitrogens with zero attached hydrogens (tertiary/aromatic N) is 2. The van der Waals surface area contributed by atoms with Crippen LogP contribution in [-0.2, 0) is 13.1 Å². The molecular weight excluding hydrogens is 290 g/mol. The van der Waals surface area contributed by atoms with Crippen molar-refractivity contribution in [1.29, 1.82) is 0 Å². The minimum absolute atomic E-state index is 0.437. The van der Waals surface area contributed by atoms with Crippen LogP contribution in [0, 0.1) is 0 Å². The standard InChI is InChI=1S/C15H20ClN3S/c1-11(2)17-8-12-7-15(18-9-14(12)16)19(3)10-13-5-4-6-20-13/h4-7,9,11,17H,8,10H2,1-3H3. The van der Waals surface area contributed by atoms with E-state index in [-0.39, 0.29) is 0 Å². The van der Waals surface area contributed by atoms with E-state index < -0.39 is 0 Å². The molecule has 1 N–H and O–H groups in total. The maximum absolute atomic E-state index is 6.21. The lowest BCUT2D eigenvalue weighted by Crippen LogP contribution is -2.23. The first-order chi connectivity index (χ1) is 9.56. The molecule has 20 heavy (non-hydrogen) atoms. The van der Waals surface area contributed by atoms with Gasteiger partial charge < -0.3 is 10.2 Å². The van der Waals surface area contributed by atoms with Crippen molar-refractivity contribution in [3.8, 4) is 0 Å². The first-order valence-corrected chi connectivity index (χ1v) is 7.93. The molecule has 2 aromatic rings. The third-order valence-corrected chi connectivity index (χ3v) is 4.19. The Morgan fingerprint density at radius 1 is 1.45 bits per heavy atom. The van der Waals surface area contributed by atoms with Crippen LogP contribution in [0.5, 0.6) is 0 Å². The Labute approximate surface area is 129 Å². The van der Waals surface area contributed by atoms with E-state index in [4.69, 9.17) is 11.6 Å². The molecule has 0 aliphatic rings. The molecule has 2 aromatic heterocycles. The second-order valence-electron chi connectivity index (χ2n) is 5.10. The lowest BCUT2D eigenvalue weighted by Gasteiger charge is -2.19. The fourth-order valence-electron chi connectivity index (χ4n) is 1.84. The molecule has 2 rings (SSSR count). The highest BCUT2D eigenvalue weighted by molar-refractivity contribution is 7.09. The minimum Gasteiger partial charge on any atom is -0.355 e. The van der Waals surface area contributed by atoms with Crippen molar-refractivity contribution in [1.82, 2.24) is 10.3 Å². The SMILES string of the molecule is CC(C)NCc1cc(N(C)Cc2cccs2)ncc1Cl. The number of halogens is 1. The van der Waals surface area contributed by atoms with Crippen molar-refractivity contribution < 1.29 is 0 Å². The Hall–Kier alpha value is -1.10. The average Bonchev–Trinajstić information content (AvgIpc) is 2.90. The lowest BCUT2D eigenvalue weighted by atomic mass is 10.2. The summed E-state index contributed by atoms with van der Waals surface area (Å²) in [5.74, 6) is 0.948. The van der Waals surface area contributed by atoms with Gasteiger partial charge in [0.05, 0.1) is 11.6 Å². The summed E-state index contributed by atoms with van der Waals surface area (Å²) in [6.45, 7) is 5.88. The predicted octanol–water partition coefficient (Wildman–Crippen LogP) is 3.93. The molecule has 0 spiro atoms. The summed E-state index contributed by atoms with van der Waals surface area (Å²) < 4.78 is 0. The largest absolute Gasteiger partial charge is 0.355 e. The first kappa shape index (κ1) is 15.3. The van der Waals surface area contributed by atoms with E-state index in [9.17, 15) is 0 Å². The molecule has 0 fully saturated rings. The van der Waals surface area contributed by atoms with E-state index in [1.165, 1.54) is 4.88 Å². The first-order valence-electron chi connectivity index (χ1n) is 6.67. The van der Waals surface area contributed by atoms with Crippen molar-refractivity contribution in [2.24, 2.45) is 0 Å². The molecule has 0 bridgehead atoms. The summed E-state index contributed by atoms with van der Waals surface area (Å²) in [4.78, 5) is 7.88. The van der Waals surface area contributed by atoms with E-state index in [2.05, 4.69) is 59.7 Å². The quantitative estimate of drug-likeness (QED) is 0.876. The number of hydrogen-bond donors (Lipinski definition) is 1. The number of pyridine rings is 1. The monoisotopic (exact) mass is 309 g/mol. The summed E-state index contributed by atoms with van der Waals surface area (Å²) >= 11 is 7.97. The zero-order chi connectivity index (χ0) is 14.5. The fraction of sp³-hybridized carbons (Fsp3) is 0.400. The summed E-state index contributed by atoms with van der Waals surface area (Å²) in [7, 11) is 2.05. The van der Waals surface area contributed by atoms with Gasteiger partial charge in [0.15, 0.2) is 0 Å².